The van der Waals surface area contributed by atoms with Gasteiger partial charge in [-0.1, -0.05) is 0 Å². The van der Waals surface area contributed by atoms with Crippen LogP contribution >= 0.6 is 0 Å². The normalized spacial score (nSPS) is 16.1. The lowest BCUT2D eigenvalue weighted by Gasteiger charge is -2.14. The number of anilines is 1. The second-order valence-corrected chi connectivity index (χ2v) is 4.43. The van der Waals surface area contributed by atoms with Crippen molar-refractivity contribution in [1.82, 2.24) is 0 Å². The number of hydrogen-bond acceptors (Lipinski definition) is 3. The largest absolute Gasteiger partial charge is 0.478 e. The smallest absolute Gasteiger partial charge is 0.337 e. The highest BCUT2D eigenvalue weighted by atomic mass is 19.1. The maximum atomic E-state index is 13.0. The van der Waals surface area contributed by atoms with Crippen molar-refractivity contribution in [1.29, 1.82) is 0 Å². The Kier molecular flexibility index (Phi) is 3.04. The van der Waals surface area contributed by atoms with E-state index in [1.807, 2.05) is 0 Å². The third-order valence-corrected chi connectivity index (χ3v) is 3.19. The molecule has 0 spiro atoms. The van der Waals surface area contributed by atoms with Crippen molar-refractivity contribution in [3.8, 4) is 0 Å². The number of hydrogen-bond donors (Lipinski definition) is 3. The minimum absolute atomic E-state index is 0.0913. The van der Waals surface area contributed by atoms with Crippen LogP contribution in [0.5, 0.6) is 0 Å². The number of nitrogens with one attached hydrogen (secondary N) is 1. The van der Waals surface area contributed by atoms with Crippen molar-refractivity contribution < 1.29 is 19.1 Å². The predicted molar refractivity (Wildman–Crippen MR) is 62.7 cm³/mol. The Morgan fingerprint density at radius 3 is 2.61 bits per heavy atom. The van der Waals surface area contributed by atoms with Crippen molar-refractivity contribution in [3.63, 3.8) is 0 Å². The molecule has 1 aliphatic rings. The molecule has 4 N–H and O–H groups in total. The van der Waals surface area contributed by atoms with Gasteiger partial charge in [0.1, 0.15) is 5.82 Å². The molecule has 0 aromatic heterocycles. The van der Waals surface area contributed by atoms with E-state index in [1.54, 1.807) is 0 Å². The highest BCUT2D eigenvalue weighted by molar-refractivity contribution is 6.03. The van der Waals surface area contributed by atoms with E-state index in [2.05, 4.69) is 5.32 Å². The molecule has 0 bridgehead atoms. The summed E-state index contributed by atoms with van der Waals surface area (Å²) in [6.07, 6.45) is 1.39. The molecule has 18 heavy (non-hydrogen) atoms. The molecular formula is C12H13FN2O3. The van der Waals surface area contributed by atoms with Gasteiger partial charge in [-0.2, -0.15) is 0 Å². The molecule has 6 heteroatoms. The predicted octanol–water partition coefficient (Wildman–Crippen LogP) is 1.20. The average Bonchev–Trinajstić information content (AvgIpc) is 3.12. The highest BCUT2D eigenvalue weighted by Gasteiger charge is 2.48. The van der Waals surface area contributed by atoms with E-state index in [0.717, 1.165) is 12.1 Å². The van der Waals surface area contributed by atoms with Crippen LogP contribution in [0.4, 0.5) is 10.1 Å². The Balaban J connectivity index is 2.24. The number of carboxylic acids is 1. The number of carbonyl (C=O) groups excluding carboxylic acids is 1. The zero-order valence-corrected chi connectivity index (χ0v) is 9.57. The lowest BCUT2D eigenvalue weighted by molar-refractivity contribution is -0.120. The van der Waals surface area contributed by atoms with Crippen LogP contribution in [0.2, 0.25) is 0 Å². The maximum Gasteiger partial charge on any atom is 0.337 e. The number of halogens is 1. The fourth-order valence-corrected chi connectivity index (χ4v) is 1.73. The molecular weight excluding hydrogens is 239 g/mol. The van der Waals surface area contributed by atoms with Gasteiger partial charge in [0.2, 0.25) is 5.91 Å². The first-order chi connectivity index (χ1) is 8.48. The van der Waals surface area contributed by atoms with Gasteiger partial charge >= 0.3 is 5.97 Å². The summed E-state index contributed by atoms with van der Waals surface area (Å²) in [4.78, 5) is 22.9. The zero-order chi connectivity index (χ0) is 13.3. The fourth-order valence-electron chi connectivity index (χ4n) is 1.73. The van der Waals surface area contributed by atoms with Crippen molar-refractivity contribution in [2.75, 3.05) is 11.9 Å². The van der Waals surface area contributed by atoms with Crippen LogP contribution in [0, 0.1) is 11.2 Å². The monoisotopic (exact) mass is 252 g/mol. The van der Waals surface area contributed by atoms with Crippen LogP contribution in [0.3, 0.4) is 0 Å². The SMILES string of the molecule is NCC1(C(=O)Nc2ccc(F)cc2C(=O)O)CC1. The molecule has 0 radical (unpaired) electrons. The molecule has 1 saturated carbocycles. The fraction of sp³-hybridized carbons (Fsp3) is 0.333. The Labute approximate surface area is 103 Å². The summed E-state index contributed by atoms with van der Waals surface area (Å²) in [6.45, 7) is 0.225. The number of aromatic carboxylic acids is 1. The van der Waals surface area contributed by atoms with Gasteiger partial charge in [-0.15, -0.1) is 0 Å². The summed E-state index contributed by atoms with van der Waals surface area (Å²) in [5, 5.41) is 11.4. The van der Waals surface area contributed by atoms with Crippen LogP contribution in [0.15, 0.2) is 18.2 Å². The van der Waals surface area contributed by atoms with Crippen molar-refractivity contribution in [3.05, 3.63) is 29.6 Å². The van der Waals surface area contributed by atoms with Crippen molar-refractivity contribution in [2.45, 2.75) is 12.8 Å². The molecule has 0 heterocycles. The molecule has 1 fully saturated rings. The Bertz CT molecular complexity index is 512. The first kappa shape index (κ1) is 12.5. The maximum absolute atomic E-state index is 13.0. The van der Waals surface area contributed by atoms with Gasteiger partial charge in [-0.05, 0) is 31.0 Å². The minimum atomic E-state index is -1.29. The van der Waals surface area contributed by atoms with E-state index in [1.165, 1.54) is 6.07 Å². The van der Waals surface area contributed by atoms with Crippen LogP contribution in [-0.4, -0.2) is 23.5 Å². The molecule has 1 aromatic carbocycles. The molecule has 2 rings (SSSR count). The summed E-state index contributed by atoms with van der Waals surface area (Å²) < 4.78 is 13.0. The molecule has 0 unspecified atom stereocenters. The number of benzene rings is 1. The van der Waals surface area contributed by atoms with E-state index in [0.29, 0.717) is 12.8 Å². The number of rotatable bonds is 4. The van der Waals surface area contributed by atoms with Crippen LogP contribution < -0.4 is 11.1 Å². The number of nitrogens with two attached hydrogens (primary N) is 1. The molecule has 0 aliphatic heterocycles. The molecule has 5 nitrogen and oxygen atoms in total. The van der Waals surface area contributed by atoms with Gasteiger partial charge in [-0.25, -0.2) is 9.18 Å². The summed E-state index contributed by atoms with van der Waals surface area (Å²) in [6, 6.07) is 3.22. The van der Waals surface area contributed by atoms with Gasteiger partial charge in [0, 0.05) is 6.54 Å². The van der Waals surface area contributed by atoms with E-state index in [4.69, 9.17) is 10.8 Å². The number of carbonyl (C=O) groups is 2. The number of amides is 1. The van der Waals surface area contributed by atoms with Crippen molar-refractivity contribution in [2.24, 2.45) is 11.1 Å². The lowest BCUT2D eigenvalue weighted by atomic mass is 10.1. The highest BCUT2D eigenvalue weighted by Crippen LogP contribution is 2.45. The molecule has 0 atom stereocenters. The standard InChI is InChI=1S/C12H13FN2O3/c13-7-1-2-9(8(5-7)10(16)17)15-11(18)12(6-14)3-4-12/h1-2,5H,3-4,6,14H2,(H,15,18)(H,16,17). The third kappa shape index (κ3) is 2.19. The number of carboxylic acid groups (broad SMARTS) is 1. The van der Waals surface area contributed by atoms with Crippen LogP contribution in [0.25, 0.3) is 0 Å². The van der Waals surface area contributed by atoms with Gasteiger partial charge in [0.25, 0.3) is 0 Å². The molecule has 1 aliphatic carbocycles. The van der Waals surface area contributed by atoms with Crippen LogP contribution in [0.1, 0.15) is 23.2 Å². The Morgan fingerprint density at radius 2 is 2.11 bits per heavy atom. The summed E-state index contributed by atoms with van der Waals surface area (Å²) in [5.74, 6) is -2.26. The second kappa shape index (κ2) is 4.38. The van der Waals surface area contributed by atoms with Crippen LogP contribution in [-0.2, 0) is 4.79 Å². The molecule has 0 saturated heterocycles. The summed E-state index contributed by atoms with van der Waals surface area (Å²) >= 11 is 0. The van der Waals surface area contributed by atoms with E-state index >= 15 is 0 Å². The van der Waals surface area contributed by atoms with Gasteiger partial charge < -0.3 is 16.2 Å². The topological polar surface area (TPSA) is 92.4 Å². The van der Waals surface area contributed by atoms with E-state index < -0.39 is 17.2 Å². The third-order valence-electron chi connectivity index (χ3n) is 3.19. The van der Waals surface area contributed by atoms with Gasteiger partial charge in [-0.3, -0.25) is 4.79 Å². The summed E-state index contributed by atoms with van der Waals surface area (Å²) in [5.41, 5.74) is 4.75. The zero-order valence-electron chi connectivity index (χ0n) is 9.57. The Morgan fingerprint density at radius 1 is 1.44 bits per heavy atom. The molecule has 96 valence electrons. The average molecular weight is 252 g/mol. The first-order valence-corrected chi connectivity index (χ1v) is 5.53. The molecule has 1 amide bonds. The van der Waals surface area contributed by atoms with E-state index in [9.17, 15) is 14.0 Å². The van der Waals surface area contributed by atoms with Gasteiger partial charge in [0.15, 0.2) is 0 Å². The second-order valence-electron chi connectivity index (χ2n) is 4.43. The van der Waals surface area contributed by atoms with Gasteiger partial charge in [0.05, 0.1) is 16.7 Å². The summed E-state index contributed by atoms with van der Waals surface area (Å²) in [7, 11) is 0. The van der Waals surface area contributed by atoms with E-state index in [-0.39, 0.29) is 23.7 Å². The van der Waals surface area contributed by atoms with Crippen molar-refractivity contribution >= 4 is 17.6 Å². The quantitative estimate of drug-likeness (QED) is 0.750. The lowest BCUT2D eigenvalue weighted by Crippen LogP contribution is -2.31. The Hall–Kier alpha value is -1.95. The molecule has 1 aromatic rings. The first-order valence-electron chi connectivity index (χ1n) is 5.53. The minimum Gasteiger partial charge on any atom is -0.478 e.